The normalized spacial score (nSPS) is 11.9. The van der Waals surface area contributed by atoms with E-state index in [1.165, 1.54) is 6.33 Å². The number of aryl methyl sites for hydroxylation is 1. The van der Waals surface area contributed by atoms with Gasteiger partial charge in [-0.2, -0.15) is 5.10 Å². The van der Waals surface area contributed by atoms with Crippen molar-refractivity contribution < 1.29 is 9.21 Å². The molecule has 152 valence electrons. The van der Waals surface area contributed by atoms with Crippen molar-refractivity contribution in [3.8, 4) is 17.1 Å². The second kappa shape index (κ2) is 8.69. The first-order valence-electron chi connectivity index (χ1n) is 9.70. The maximum atomic E-state index is 12.7. The smallest absolute Gasteiger partial charge is 0.247 e. The van der Waals surface area contributed by atoms with Crippen LogP contribution in [0.25, 0.3) is 17.1 Å². The van der Waals surface area contributed by atoms with Crippen LogP contribution in [0, 0.1) is 0 Å². The highest BCUT2D eigenvalue weighted by Crippen LogP contribution is 2.22. The fourth-order valence-corrected chi connectivity index (χ4v) is 3.13. The van der Waals surface area contributed by atoms with Crippen LogP contribution in [0.1, 0.15) is 30.8 Å². The highest BCUT2D eigenvalue weighted by atomic mass is 16.4. The predicted octanol–water partition coefficient (Wildman–Crippen LogP) is 3.47. The number of nitrogens with zero attached hydrogens (tertiary/aromatic N) is 6. The lowest BCUT2D eigenvalue weighted by Gasteiger charge is -2.25. The molecule has 2 aromatic heterocycles. The minimum atomic E-state index is -0.0649. The van der Waals surface area contributed by atoms with Gasteiger partial charge in [0.1, 0.15) is 12.7 Å². The van der Waals surface area contributed by atoms with Gasteiger partial charge in [0.05, 0.1) is 11.7 Å². The number of aromatic nitrogens is 5. The molecule has 0 radical (unpaired) electrons. The Hall–Kier alpha value is -3.81. The van der Waals surface area contributed by atoms with Crippen molar-refractivity contribution in [1.29, 1.82) is 0 Å². The van der Waals surface area contributed by atoms with Crippen molar-refractivity contribution in [3.63, 3.8) is 0 Å². The first kappa shape index (κ1) is 19.5. The van der Waals surface area contributed by atoms with Crippen molar-refractivity contribution in [3.05, 3.63) is 78.7 Å². The number of carbonyl (C=O) groups is 1. The quantitative estimate of drug-likeness (QED) is 0.470. The summed E-state index contributed by atoms with van der Waals surface area (Å²) < 4.78 is 7.38. The Morgan fingerprint density at radius 1 is 1.10 bits per heavy atom. The fourth-order valence-electron chi connectivity index (χ4n) is 3.13. The van der Waals surface area contributed by atoms with E-state index in [1.807, 2.05) is 68.6 Å². The van der Waals surface area contributed by atoms with E-state index in [9.17, 15) is 4.79 Å². The minimum Gasteiger partial charge on any atom is -0.421 e. The number of hydrogen-bond donors (Lipinski definition) is 0. The van der Waals surface area contributed by atoms with Crippen LogP contribution in [0.4, 0.5) is 0 Å². The molecule has 1 amide bonds. The number of hydrogen-bond acceptors (Lipinski definition) is 6. The summed E-state index contributed by atoms with van der Waals surface area (Å²) in [5, 5.41) is 12.2. The molecule has 4 aromatic rings. The molecule has 0 N–H and O–H groups in total. The molecule has 0 bridgehead atoms. The maximum absolute atomic E-state index is 12.7. The zero-order valence-corrected chi connectivity index (χ0v) is 16.8. The van der Waals surface area contributed by atoms with Gasteiger partial charge in [0, 0.05) is 25.5 Å². The van der Waals surface area contributed by atoms with Gasteiger partial charge in [0.25, 0.3) is 0 Å². The topological polar surface area (TPSA) is 89.9 Å². The molecule has 0 saturated heterocycles. The van der Waals surface area contributed by atoms with Gasteiger partial charge in [-0.25, -0.2) is 9.67 Å². The lowest BCUT2D eigenvalue weighted by atomic mass is 10.1. The van der Waals surface area contributed by atoms with Gasteiger partial charge in [-0.3, -0.25) is 4.79 Å². The largest absolute Gasteiger partial charge is 0.421 e. The van der Waals surface area contributed by atoms with Gasteiger partial charge in [0.2, 0.25) is 17.7 Å². The van der Waals surface area contributed by atoms with Gasteiger partial charge < -0.3 is 9.32 Å². The van der Waals surface area contributed by atoms with Crippen molar-refractivity contribution in [2.75, 3.05) is 7.05 Å². The van der Waals surface area contributed by atoms with Crippen molar-refractivity contribution in [1.82, 2.24) is 29.9 Å². The van der Waals surface area contributed by atoms with Crippen LogP contribution in [-0.4, -0.2) is 42.8 Å². The third-order valence-corrected chi connectivity index (χ3v) is 5.07. The van der Waals surface area contributed by atoms with Gasteiger partial charge in [-0.15, -0.1) is 10.2 Å². The Morgan fingerprint density at radius 3 is 2.57 bits per heavy atom. The molecule has 0 fully saturated rings. The SMILES string of the molecule is C[C@@H](c1ccc(-n2cncn2)cc1)N(C)C(=O)CCc1nnc(-c2ccccc2)o1. The monoisotopic (exact) mass is 402 g/mol. The Balaban J connectivity index is 1.35. The molecule has 0 spiro atoms. The minimum absolute atomic E-state index is 0.0160. The highest BCUT2D eigenvalue weighted by Gasteiger charge is 2.19. The lowest BCUT2D eigenvalue weighted by Crippen LogP contribution is -2.29. The molecule has 2 heterocycles. The summed E-state index contributed by atoms with van der Waals surface area (Å²) in [6.07, 6.45) is 3.85. The standard InChI is InChI=1S/C22H22N6O2/c1-16(17-8-10-19(11-9-17)28-15-23-14-24-28)27(2)21(29)13-12-20-25-26-22(30-20)18-6-4-3-5-7-18/h3-11,14-16H,12-13H2,1-2H3/t16-/m0/s1. The van der Waals surface area contributed by atoms with Gasteiger partial charge >= 0.3 is 0 Å². The van der Waals surface area contributed by atoms with Crippen molar-refractivity contribution >= 4 is 5.91 Å². The van der Waals surface area contributed by atoms with Crippen LogP contribution in [0.3, 0.4) is 0 Å². The Bertz CT molecular complexity index is 1090. The van der Waals surface area contributed by atoms with E-state index in [0.29, 0.717) is 24.6 Å². The highest BCUT2D eigenvalue weighted by molar-refractivity contribution is 5.76. The van der Waals surface area contributed by atoms with E-state index in [4.69, 9.17) is 4.42 Å². The van der Waals surface area contributed by atoms with E-state index in [1.54, 1.807) is 15.9 Å². The summed E-state index contributed by atoms with van der Waals surface area (Å²) in [6.45, 7) is 2.00. The number of benzene rings is 2. The molecule has 0 unspecified atom stereocenters. The van der Waals surface area contributed by atoms with Crippen LogP contribution in [-0.2, 0) is 11.2 Å². The zero-order chi connectivity index (χ0) is 20.9. The molecule has 0 aliphatic heterocycles. The summed E-state index contributed by atoms with van der Waals surface area (Å²) >= 11 is 0. The number of rotatable bonds is 7. The number of amides is 1. The number of carbonyl (C=O) groups excluding carboxylic acids is 1. The van der Waals surface area contributed by atoms with Crippen LogP contribution in [0.15, 0.2) is 71.7 Å². The van der Waals surface area contributed by atoms with Crippen molar-refractivity contribution in [2.24, 2.45) is 0 Å². The molecular formula is C22H22N6O2. The van der Waals surface area contributed by atoms with Gasteiger partial charge in [-0.1, -0.05) is 30.3 Å². The molecule has 1 atom stereocenters. The van der Waals surface area contributed by atoms with Gasteiger partial charge in [0.15, 0.2) is 0 Å². The lowest BCUT2D eigenvalue weighted by molar-refractivity contribution is -0.131. The van der Waals surface area contributed by atoms with E-state index in [0.717, 1.165) is 16.8 Å². The second-order valence-electron chi connectivity index (χ2n) is 6.98. The fraction of sp³-hybridized carbons (Fsp3) is 0.227. The molecular weight excluding hydrogens is 380 g/mol. The summed E-state index contributed by atoms with van der Waals surface area (Å²) in [7, 11) is 1.81. The third-order valence-electron chi connectivity index (χ3n) is 5.07. The summed E-state index contributed by atoms with van der Waals surface area (Å²) in [5.41, 5.74) is 2.82. The Kier molecular flexibility index (Phi) is 5.65. The average Bonchev–Trinajstić information content (AvgIpc) is 3.50. The Morgan fingerprint density at radius 2 is 1.87 bits per heavy atom. The average molecular weight is 402 g/mol. The molecule has 0 saturated carbocycles. The second-order valence-corrected chi connectivity index (χ2v) is 6.98. The maximum Gasteiger partial charge on any atom is 0.247 e. The third kappa shape index (κ3) is 4.27. The van der Waals surface area contributed by atoms with E-state index < -0.39 is 0 Å². The molecule has 8 nitrogen and oxygen atoms in total. The van der Waals surface area contributed by atoms with Crippen LogP contribution in [0.2, 0.25) is 0 Å². The first-order chi connectivity index (χ1) is 14.6. The van der Waals surface area contributed by atoms with E-state index >= 15 is 0 Å². The van der Waals surface area contributed by atoms with Crippen molar-refractivity contribution in [2.45, 2.75) is 25.8 Å². The summed E-state index contributed by atoms with van der Waals surface area (Å²) in [4.78, 5) is 18.4. The molecule has 8 heteroatoms. The molecule has 2 aromatic carbocycles. The zero-order valence-electron chi connectivity index (χ0n) is 16.8. The van der Waals surface area contributed by atoms with Gasteiger partial charge in [-0.05, 0) is 36.8 Å². The van der Waals surface area contributed by atoms with Crippen LogP contribution < -0.4 is 0 Å². The van der Waals surface area contributed by atoms with E-state index in [2.05, 4.69) is 20.3 Å². The predicted molar refractivity (Wildman–Crippen MR) is 111 cm³/mol. The molecule has 4 rings (SSSR count). The van der Waals surface area contributed by atoms with Crippen LogP contribution >= 0.6 is 0 Å². The molecule has 0 aliphatic rings. The summed E-state index contributed by atoms with van der Waals surface area (Å²) in [6, 6.07) is 17.4. The van der Waals surface area contributed by atoms with Crippen LogP contribution in [0.5, 0.6) is 0 Å². The Labute approximate surface area is 174 Å². The summed E-state index contributed by atoms with van der Waals surface area (Å²) in [5.74, 6) is 0.940. The molecule has 30 heavy (non-hydrogen) atoms. The van der Waals surface area contributed by atoms with E-state index in [-0.39, 0.29) is 11.9 Å². The first-order valence-corrected chi connectivity index (χ1v) is 9.70. The molecule has 0 aliphatic carbocycles.